The van der Waals surface area contributed by atoms with Gasteiger partial charge in [-0.1, -0.05) is 381 Å². The smallest absolute Gasteiger partial charge is 0.337 e. The maximum Gasteiger partial charge on any atom is 0.337 e. The van der Waals surface area contributed by atoms with Gasteiger partial charge in [-0.15, -0.1) is 28.3 Å². The maximum atomic E-state index is 14.6. The van der Waals surface area contributed by atoms with Crippen molar-refractivity contribution in [3.05, 3.63) is 404 Å². The molecular weight excluding hydrogens is 1580 g/mol. The molecule has 9 heteroatoms. The van der Waals surface area contributed by atoms with Crippen LogP contribution in [-0.4, -0.2) is 35.5 Å². The van der Waals surface area contributed by atoms with E-state index in [1.165, 1.54) is 199 Å². The summed E-state index contributed by atoms with van der Waals surface area (Å²) < 4.78 is 7.69. The number of carboxylic acids is 1. The first-order chi connectivity index (χ1) is 61.2. The molecule has 1 unspecified atom stereocenters. The Bertz CT molecular complexity index is 7280. The summed E-state index contributed by atoms with van der Waals surface area (Å²) in [5.74, 6) is 0.0676. The maximum absolute atomic E-state index is 14.6. The van der Waals surface area contributed by atoms with Crippen LogP contribution in [0, 0.1) is 0 Å². The van der Waals surface area contributed by atoms with Crippen molar-refractivity contribution in [2.75, 3.05) is 18.4 Å². The SMILES string of the molecule is CC1CO1.ClCCCl.O=C(O)c1ccccc1N=NCl.O=c1c(-c2ccccc2)c2c3ccc4c5c(-c6ccccc6)c6ccccc6c(-c6ccccc6)c5c5ccc(c-2c1-c1ccccc1)c3c45.c1ccc(-c2c3c(c(-c4ccccc4)c4ccccc24)-c2ccc4c5c(ccc-3c25)-c2c-4c(-c3ccccc3)c3ccccc3c2-c2ccccc2)cc1. The highest BCUT2D eigenvalue weighted by molar-refractivity contribution is 6.46. The predicted molar refractivity (Wildman–Crippen MR) is 522 cm³/mol. The van der Waals surface area contributed by atoms with E-state index in [0.717, 1.165) is 50.8 Å². The molecule has 1 aliphatic heterocycles. The van der Waals surface area contributed by atoms with E-state index in [-0.39, 0.29) is 16.7 Å². The third-order valence-corrected chi connectivity index (χ3v) is 25.3. The Labute approximate surface area is 731 Å². The van der Waals surface area contributed by atoms with Crippen LogP contribution in [0.15, 0.2) is 403 Å². The quantitative estimate of drug-likeness (QED) is 0.0793. The lowest BCUT2D eigenvalue weighted by Gasteiger charge is -2.21. The van der Waals surface area contributed by atoms with Crippen LogP contribution in [-0.2, 0) is 4.74 Å². The number of aromatic carboxylic acids is 1. The van der Waals surface area contributed by atoms with Gasteiger partial charge in [0.25, 0.3) is 0 Å². The van der Waals surface area contributed by atoms with Gasteiger partial charge in [-0.2, -0.15) is 0 Å². The zero-order valence-corrected chi connectivity index (χ0v) is 69.6. The van der Waals surface area contributed by atoms with Gasteiger partial charge in [0.15, 0.2) is 5.43 Å². The highest BCUT2D eigenvalue weighted by Gasteiger charge is 2.39. The Kier molecular flexibility index (Phi) is 20.1. The van der Waals surface area contributed by atoms with Gasteiger partial charge in [-0.25, -0.2) is 4.79 Å². The third-order valence-electron chi connectivity index (χ3n) is 24.7. The second-order valence-corrected chi connectivity index (χ2v) is 32.5. The fourth-order valence-electron chi connectivity index (χ4n) is 19.8. The van der Waals surface area contributed by atoms with Crippen molar-refractivity contribution in [2.45, 2.75) is 13.0 Å². The molecule has 1 atom stereocenters. The third kappa shape index (κ3) is 12.8. The van der Waals surface area contributed by atoms with Crippen LogP contribution in [0.25, 0.3) is 231 Å². The molecule has 20 aromatic carbocycles. The minimum Gasteiger partial charge on any atom is -0.478 e. The molecule has 1 N–H and O–H groups in total. The Morgan fingerprint density at radius 3 is 0.782 bits per heavy atom. The minimum atomic E-state index is -1.05. The lowest BCUT2D eigenvalue weighted by molar-refractivity contribution is 0.0697. The van der Waals surface area contributed by atoms with Crippen LogP contribution in [0.5, 0.6) is 0 Å². The summed E-state index contributed by atoms with van der Waals surface area (Å²) in [6.07, 6.45) is 0.583. The van der Waals surface area contributed by atoms with E-state index < -0.39 is 5.97 Å². The Morgan fingerprint density at radius 2 is 0.516 bits per heavy atom. The van der Waals surface area contributed by atoms with Crippen LogP contribution in [0.3, 0.4) is 0 Å². The number of carbonyl (C=O) groups is 1. The number of alkyl halides is 2. The molecule has 20 aromatic rings. The predicted octanol–water partition coefficient (Wildman–Crippen LogP) is 32.5. The largest absolute Gasteiger partial charge is 0.478 e. The topological polar surface area (TPSA) is 91.6 Å². The van der Waals surface area contributed by atoms with Gasteiger partial charge in [-0.3, -0.25) is 4.79 Å². The first-order valence-corrected chi connectivity index (χ1v) is 43.2. The molecule has 0 bridgehead atoms. The first-order valence-electron chi connectivity index (χ1n) is 41.8. The summed E-state index contributed by atoms with van der Waals surface area (Å²) in [5, 5.41) is 32.4. The van der Waals surface area contributed by atoms with E-state index in [0.29, 0.717) is 17.9 Å². The summed E-state index contributed by atoms with van der Waals surface area (Å²) in [6.45, 7) is 3.04. The summed E-state index contributed by atoms with van der Waals surface area (Å²) in [5.41, 5.74) is 31.9. The molecular formula is C115H75Cl3N2O4. The molecule has 0 amide bonds. The normalized spacial score (nSPS) is 12.7. The Balaban J connectivity index is 0.000000125. The zero-order valence-electron chi connectivity index (χ0n) is 67.3. The molecule has 1 saturated heterocycles. The lowest BCUT2D eigenvalue weighted by Crippen LogP contribution is -2.01. The first kappa shape index (κ1) is 76.9. The van der Waals surface area contributed by atoms with Crippen LogP contribution < -0.4 is 5.43 Å². The van der Waals surface area contributed by atoms with Crippen molar-refractivity contribution < 1.29 is 14.6 Å². The highest BCUT2D eigenvalue weighted by atomic mass is 35.5. The summed E-state index contributed by atoms with van der Waals surface area (Å²) >= 11 is 15.1. The van der Waals surface area contributed by atoms with E-state index in [4.69, 9.17) is 44.8 Å². The number of hydrogen-bond donors (Lipinski definition) is 1. The van der Waals surface area contributed by atoms with E-state index in [1.807, 2.05) is 36.4 Å². The lowest BCUT2D eigenvalue weighted by atomic mass is 9.81. The number of hydrogen-bond acceptors (Lipinski definition) is 5. The fraction of sp³-hybridized carbons (Fsp3) is 0.0435. The zero-order chi connectivity index (χ0) is 83.6. The Morgan fingerprint density at radius 1 is 0.282 bits per heavy atom. The van der Waals surface area contributed by atoms with Gasteiger partial charge in [-0.05, 0) is 228 Å². The molecule has 6 nitrogen and oxygen atoms in total. The minimum absolute atomic E-state index is 0.0851. The van der Waals surface area contributed by atoms with Gasteiger partial charge in [0.1, 0.15) is 5.69 Å². The molecule has 590 valence electrons. The molecule has 5 aliphatic rings. The number of ether oxygens (including phenoxy) is 1. The van der Waals surface area contributed by atoms with E-state index in [2.05, 4.69) is 344 Å². The summed E-state index contributed by atoms with van der Waals surface area (Å²) in [7, 11) is 0. The molecule has 4 aliphatic carbocycles. The number of nitrogens with zero attached hydrogens (tertiary/aromatic N) is 2. The number of halogens is 3. The molecule has 0 spiro atoms. The Hall–Kier alpha value is -14.5. The van der Waals surface area contributed by atoms with Crippen molar-refractivity contribution in [1.29, 1.82) is 0 Å². The molecule has 1 fully saturated rings. The second-order valence-electron chi connectivity index (χ2n) is 31.6. The molecule has 1 heterocycles. The summed E-state index contributed by atoms with van der Waals surface area (Å²) in [4.78, 5) is 25.1. The monoisotopic (exact) mass is 1650 g/mol. The van der Waals surface area contributed by atoms with Crippen molar-refractivity contribution >= 4 is 133 Å². The standard InChI is InChI=1S/C54H32.C49H28O.C7H5ClN2O2.C3H6O.C2H4Cl2/c1-5-17-33(18-6-1)45-37-25-13-14-26-38(37)46(34-19-7-2-8-20-34)52-42-31-32-44-50-43(30-29-41(49(42)50)51(45)52)53-47(35-21-9-3-10-22-35)39-27-15-16-28-40(39)48(54(44)53)36-23-11-4-12-24-36;50-49-41(31-19-9-3-10-20-31)47-37-27-25-35-43-36(26-28-38(44(37)43)48(47)42(49)32-21-11-4-12-22-32)46-40(30-17-7-2-8-18-30)34-24-14-13-23-33(34)39(45(35)46)29-15-5-1-6-16-29;8-10-9-6-4-2-1-3-5(6)7(11)12;1-3-2-4-3;3-1-2-4/h1-32H;1-28H;1-4H,(H,11,12);3H,2H2,1H3;1-2H2. The van der Waals surface area contributed by atoms with Gasteiger partial charge >= 0.3 is 5.97 Å². The molecule has 0 radical (unpaired) electrons. The number of fused-ring (bicyclic) bond motifs is 15. The van der Waals surface area contributed by atoms with E-state index in [1.54, 1.807) is 12.1 Å². The number of carboxylic acid groups (broad SMARTS) is 1. The van der Waals surface area contributed by atoms with Gasteiger partial charge in [0.2, 0.25) is 0 Å². The van der Waals surface area contributed by atoms with Crippen molar-refractivity contribution in [1.82, 2.24) is 0 Å². The van der Waals surface area contributed by atoms with Crippen LogP contribution in [0.1, 0.15) is 17.3 Å². The molecule has 25 rings (SSSR count). The number of benzene rings is 19. The summed E-state index contributed by atoms with van der Waals surface area (Å²) in [6, 6.07) is 138. The molecule has 0 aromatic heterocycles. The van der Waals surface area contributed by atoms with Crippen LogP contribution in [0.4, 0.5) is 5.69 Å². The fourth-order valence-corrected chi connectivity index (χ4v) is 19.9. The molecule has 0 saturated carbocycles. The molecule has 124 heavy (non-hydrogen) atoms. The van der Waals surface area contributed by atoms with Gasteiger partial charge < -0.3 is 9.84 Å². The number of rotatable bonds is 11. The van der Waals surface area contributed by atoms with E-state index in [9.17, 15) is 9.59 Å². The average molecular weight is 1660 g/mol. The van der Waals surface area contributed by atoms with Gasteiger partial charge in [0, 0.05) is 34.0 Å². The van der Waals surface area contributed by atoms with Crippen LogP contribution >= 0.6 is 35.0 Å². The van der Waals surface area contributed by atoms with Crippen molar-refractivity contribution in [3.63, 3.8) is 0 Å². The second kappa shape index (κ2) is 32.5. The van der Waals surface area contributed by atoms with Crippen molar-refractivity contribution in [2.24, 2.45) is 9.75 Å². The van der Waals surface area contributed by atoms with E-state index >= 15 is 0 Å². The number of epoxide rings is 1. The average Bonchev–Trinajstić information content (AvgIpc) is 1.53. The van der Waals surface area contributed by atoms with Crippen LogP contribution in [0.2, 0.25) is 0 Å². The highest BCUT2D eigenvalue weighted by Crippen LogP contribution is 2.65. The van der Waals surface area contributed by atoms with Gasteiger partial charge in [0.05, 0.1) is 30.1 Å². The van der Waals surface area contributed by atoms with Crippen molar-refractivity contribution in [3.8, 4) is 145 Å².